The number of rotatable bonds is 8. The minimum absolute atomic E-state index is 0.0295. The number of likely N-dealkylation sites (N-methyl/N-ethyl adjacent to an activating group) is 1. The quantitative estimate of drug-likeness (QED) is 0.457. The Morgan fingerprint density at radius 2 is 1.90 bits per heavy atom. The molecule has 224 valence electrons. The summed E-state index contributed by atoms with van der Waals surface area (Å²) < 4.78 is 68.6. The van der Waals surface area contributed by atoms with Gasteiger partial charge in [-0.05, 0) is 56.0 Å². The molecule has 9 nitrogen and oxygen atoms in total. The van der Waals surface area contributed by atoms with Crippen LogP contribution in [0.1, 0.15) is 51.5 Å². The van der Waals surface area contributed by atoms with Gasteiger partial charge < -0.3 is 14.6 Å². The van der Waals surface area contributed by atoms with Crippen LogP contribution in [0.15, 0.2) is 52.3 Å². The number of fused-ring (bicyclic) bond motifs is 1. The first kappa shape index (κ1) is 31.3. The van der Waals surface area contributed by atoms with E-state index in [1.807, 2.05) is 6.92 Å². The number of methoxy groups -OCH3 is 1. The van der Waals surface area contributed by atoms with Crippen molar-refractivity contribution >= 4 is 20.0 Å². The van der Waals surface area contributed by atoms with E-state index in [1.165, 1.54) is 60.6 Å². The van der Waals surface area contributed by atoms with Gasteiger partial charge in [-0.3, -0.25) is 0 Å². The van der Waals surface area contributed by atoms with Crippen LogP contribution < -0.4 is 9.47 Å². The summed E-state index contributed by atoms with van der Waals surface area (Å²) in [5.74, 6) is 6.92. The Morgan fingerprint density at radius 3 is 2.59 bits per heavy atom. The molecule has 1 saturated carbocycles. The Bertz CT molecular complexity index is 1490. The van der Waals surface area contributed by atoms with E-state index >= 15 is 0 Å². The molecule has 41 heavy (non-hydrogen) atoms. The number of para-hydroxylation sites is 1. The molecule has 0 radical (unpaired) electrons. The van der Waals surface area contributed by atoms with Gasteiger partial charge in [0.25, 0.3) is 0 Å². The molecule has 1 aliphatic carbocycles. The van der Waals surface area contributed by atoms with Gasteiger partial charge in [0.15, 0.2) is 0 Å². The monoisotopic (exact) mass is 604 g/mol. The van der Waals surface area contributed by atoms with Crippen molar-refractivity contribution in [1.29, 1.82) is 0 Å². The molecule has 0 amide bonds. The van der Waals surface area contributed by atoms with Gasteiger partial charge in [-0.1, -0.05) is 43.7 Å². The first-order valence-electron chi connectivity index (χ1n) is 14.0. The number of nitrogens with zero attached hydrogens (tertiary/aromatic N) is 2. The van der Waals surface area contributed by atoms with Crippen molar-refractivity contribution in [3.05, 3.63) is 48.0 Å². The number of hydrogen-bond acceptors (Lipinski definition) is 7. The fourth-order valence-electron chi connectivity index (χ4n) is 5.38. The summed E-state index contributed by atoms with van der Waals surface area (Å²) in [5.41, 5.74) is 0.626. The Balaban J connectivity index is 1.70. The van der Waals surface area contributed by atoms with Crippen LogP contribution in [0.3, 0.4) is 0 Å². The van der Waals surface area contributed by atoms with E-state index < -0.39 is 38.1 Å². The van der Waals surface area contributed by atoms with Crippen LogP contribution in [0, 0.1) is 23.7 Å². The highest BCUT2D eigenvalue weighted by Gasteiger charge is 2.39. The van der Waals surface area contributed by atoms with Crippen LogP contribution in [0.25, 0.3) is 0 Å². The molecule has 2 aromatic carbocycles. The first-order valence-corrected chi connectivity index (χ1v) is 16.9. The lowest BCUT2D eigenvalue weighted by molar-refractivity contribution is 0.0904. The van der Waals surface area contributed by atoms with Gasteiger partial charge in [-0.15, -0.1) is 0 Å². The zero-order chi connectivity index (χ0) is 29.8. The van der Waals surface area contributed by atoms with Crippen molar-refractivity contribution in [2.45, 2.75) is 67.9 Å². The standard InChI is InChI=1S/C30H40N2O7S2/c1-22-19-32(23(2)21-33)41(36,37)30-17-16-25(13-9-12-24-10-5-6-11-24)18-27(30)39-28(22)20-31(3)40(34,35)29-15-8-7-14-26(29)38-4/h7-8,14-18,22-24,28,33H,5-6,10-12,19-21H2,1-4H3/t22-,23+,28+/m0/s1. The van der Waals surface area contributed by atoms with Crippen LogP contribution >= 0.6 is 0 Å². The number of hydrogen-bond donors (Lipinski definition) is 1. The zero-order valence-corrected chi connectivity index (χ0v) is 25.7. The number of aliphatic hydroxyl groups is 1. The van der Waals surface area contributed by atoms with Gasteiger partial charge in [0.1, 0.15) is 27.4 Å². The van der Waals surface area contributed by atoms with Crippen molar-refractivity contribution in [2.75, 3.05) is 33.9 Å². The van der Waals surface area contributed by atoms with Gasteiger partial charge in [-0.2, -0.15) is 8.61 Å². The van der Waals surface area contributed by atoms with Crippen molar-refractivity contribution < 1.29 is 31.4 Å². The van der Waals surface area contributed by atoms with Crippen molar-refractivity contribution in [3.63, 3.8) is 0 Å². The Labute approximate surface area is 244 Å². The van der Waals surface area contributed by atoms with Crippen LogP contribution in [-0.2, 0) is 20.0 Å². The Hall–Kier alpha value is -2.62. The summed E-state index contributed by atoms with van der Waals surface area (Å²) in [4.78, 5) is -0.00638. The maximum Gasteiger partial charge on any atom is 0.247 e. The molecule has 11 heteroatoms. The van der Waals surface area contributed by atoms with Crippen LogP contribution in [0.5, 0.6) is 11.5 Å². The minimum Gasteiger partial charge on any atom is -0.495 e. The maximum absolute atomic E-state index is 13.7. The lowest BCUT2D eigenvalue weighted by Gasteiger charge is -2.37. The molecule has 4 rings (SSSR count). The molecule has 3 atom stereocenters. The Morgan fingerprint density at radius 1 is 1.20 bits per heavy atom. The van der Waals surface area contributed by atoms with E-state index in [0.29, 0.717) is 11.5 Å². The van der Waals surface area contributed by atoms with Crippen LogP contribution in [-0.4, -0.2) is 76.6 Å². The normalized spacial score (nSPS) is 22.1. The fraction of sp³-hybridized carbons (Fsp3) is 0.533. The van der Waals surface area contributed by atoms with E-state index in [2.05, 4.69) is 11.8 Å². The van der Waals surface area contributed by atoms with Crippen LogP contribution in [0.2, 0.25) is 0 Å². The first-order chi connectivity index (χ1) is 19.5. The zero-order valence-electron chi connectivity index (χ0n) is 24.1. The molecule has 1 aliphatic heterocycles. The second kappa shape index (κ2) is 13.1. The third-order valence-corrected chi connectivity index (χ3v) is 11.8. The Kier molecular flexibility index (Phi) is 10.0. The minimum atomic E-state index is -4.02. The third kappa shape index (κ3) is 6.89. The predicted octanol–water partition coefficient (Wildman–Crippen LogP) is 3.72. The van der Waals surface area contributed by atoms with E-state index in [4.69, 9.17) is 9.47 Å². The summed E-state index contributed by atoms with van der Waals surface area (Å²) in [6.45, 7) is 3.10. The SMILES string of the molecule is COc1ccccc1S(=O)(=O)N(C)C[C@H]1Oc2cc(C#CCC3CCCC3)ccc2S(=O)(=O)N([C@H](C)CO)C[C@@H]1C. The molecular formula is C30H40N2O7S2. The average molecular weight is 605 g/mol. The highest BCUT2D eigenvalue weighted by atomic mass is 32.2. The summed E-state index contributed by atoms with van der Waals surface area (Å²) >= 11 is 0. The molecular weight excluding hydrogens is 564 g/mol. The number of sulfonamides is 2. The third-order valence-electron chi connectivity index (χ3n) is 7.96. The second-order valence-corrected chi connectivity index (χ2v) is 14.9. The van der Waals surface area contributed by atoms with Crippen molar-refractivity contribution in [1.82, 2.24) is 8.61 Å². The fourth-order valence-corrected chi connectivity index (χ4v) is 8.55. The molecule has 0 bridgehead atoms. The molecule has 0 saturated heterocycles. The van der Waals surface area contributed by atoms with Gasteiger partial charge in [0, 0.05) is 37.5 Å². The summed E-state index contributed by atoms with van der Waals surface area (Å²) in [6.07, 6.45) is 4.94. The van der Waals surface area contributed by atoms with Crippen molar-refractivity contribution in [3.8, 4) is 23.3 Å². The number of aliphatic hydroxyl groups excluding tert-OH is 1. The topological polar surface area (TPSA) is 113 Å². The highest BCUT2D eigenvalue weighted by Crippen LogP contribution is 2.35. The number of ether oxygens (including phenoxy) is 2. The summed E-state index contributed by atoms with van der Waals surface area (Å²) in [5, 5.41) is 9.89. The summed E-state index contributed by atoms with van der Waals surface area (Å²) in [7, 11) is -5.09. The molecule has 0 unspecified atom stereocenters. The second-order valence-electron chi connectivity index (χ2n) is 11.0. The van der Waals surface area contributed by atoms with E-state index in [9.17, 15) is 21.9 Å². The molecule has 0 aromatic heterocycles. The van der Waals surface area contributed by atoms with E-state index in [-0.39, 0.29) is 41.0 Å². The van der Waals surface area contributed by atoms with Gasteiger partial charge >= 0.3 is 0 Å². The molecule has 1 heterocycles. The lowest BCUT2D eigenvalue weighted by Crippen LogP contribution is -2.50. The van der Waals surface area contributed by atoms with Gasteiger partial charge in [0.2, 0.25) is 20.0 Å². The van der Waals surface area contributed by atoms with E-state index in [1.54, 1.807) is 37.3 Å². The number of benzene rings is 2. The molecule has 2 aromatic rings. The predicted molar refractivity (Wildman–Crippen MR) is 157 cm³/mol. The van der Waals surface area contributed by atoms with Gasteiger partial charge in [-0.25, -0.2) is 16.8 Å². The van der Waals surface area contributed by atoms with Gasteiger partial charge in [0.05, 0.1) is 20.3 Å². The van der Waals surface area contributed by atoms with Crippen LogP contribution in [0.4, 0.5) is 0 Å². The lowest BCUT2D eigenvalue weighted by atomic mass is 10.0. The maximum atomic E-state index is 13.7. The summed E-state index contributed by atoms with van der Waals surface area (Å²) in [6, 6.07) is 10.5. The average Bonchev–Trinajstić information content (AvgIpc) is 3.48. The molecule has 1 N–H and O–H groups in total. The van der Waals surface area contributed by atoms with Crippen molar-refractivity contribution in [2.24, 2.45) is 11.8 Å². The molecule has 1 fully saturated rings. The molecule has 0 spiro atoms. The smallest absolute Gasteiger partial charge is 0.247 e. The highest BCUT2D eigenvalue weighted by molar-refractivity contribution is 7.89. The largest absolute Gasteiger partial charge is 0.495 e. The van der Waals surface area contributed by atoms with E-state index in [0.717, 1.165) is 6.42 Å². The molecule has 2 aliphatic rings.